The molecule has 27 heavy (non-hydrogen) atoms. The van der Waals surface area contributed by atoms with E-state index in [0.29, 0.717) is 0 Å². The number of rotatable bonds is 4. The molecule has 2 heterocycles. The van der Waals surface area contributed by atoms with Crippen molar-refractivity contribution in [2.24, 2.45) is 0 Å². The second-order valence-electron chi connectivity index (χ2n) is 6.47. The second kappa shape index (κ2) is 8.33. The molecule has 0 unspecified atom stereocenters. The number of halogens is 1. The van der Waals surface area contributed by atoms with E-state index >= 15 is 0 Å². The van der Waals surface area contributed by atoms with Crippen molar-refractivity contribution in [3.8, 4) is 11.8 Å². The Morgan fingerprint density at radius 1 is 1.30 bits per heavy atom. The molecule has 0 saturated carbocycles. The van der Waals surface area contributed by atoms with Crippen LogP contribution in [0.1, 0.15) is 42.7 Å². The largest absolute Gasteiger partial charge is 0.394 e. The van der Waals surface area contributed by atoms with Crippen molar-refractivity contribution in [3.63, 3.8) is 0 Å². The lowest BCUT2D eigenvalue weighted by atomic mass is 10.1. The van der Waals surface area contributed by atoms with Gasteiger partial charge in [-0.2, -0.15) is 0 Å². The first kappa shape index (κ1) is 19.1. The van der Waals surface area contributed by atoms with E-state index in [-0.39, 0.29) is 12.0 Å². The third kappa shape index (κ3) is 4.35. The highest BCUT2D eigenvalue weighted by Crippen LogP contribution is 2.29. The topological polar surface area (TPSA) is 84.3 Å². The lowest BCUT2D eigenvalue weighted by molar-refractivity contribution is -0.0356. The van der Waals surface area contributed by atoms with Crippen molar-refractivity contribution in [1.29, 1.82) is 0 Å². The SMILES string of the molecule is CCCc1ccc(C#Cc2cn([C@H]3C[C@H](F)[C@@H](CO)O3)c(=O)[nH]c2=O)cc1. The Morgan fingerprint density at radius 3 is 2.67 bits per heavy atom. The Kier molecular flexibility index (Phi) is 5.89. The van der Waals surface area contributed by atoms with Crippen molar-refractivity contribution in [1.82, 2.24) is 9.55 Å². The predicted octanol–water partition coefficient (Wildman–Crippen LogP) is 1.51. The minimum atomic E-state index is -1.38. The first-order valence-electron chi connectivity index (χ1n) is 8.88. The molecule has 0 bridgehead atoms. The van der Waals surface area contributed by atoms with Gasteiger partial charge in [-0.15, -0.1) is 0 Å². The monoisotopic (exact) mass is 372 g/mol. The van der Waals surface area contributed by atoms with Crippen LogP contribution in [0.4, 0.5) is 4.39 Å². The summed E-state index contributed by atoms with van der Waals surface area (Å²) in [5.41, 5.74) is 0.726. The number of aliphatic hydroxyl groups is 1. The van der Waals surface area contributed by atoms with E-state index in [2.05, 4.69) is 23.7 Å². The zero-order chi connectivity index (χ0) is 19.4. The molecule has 1 aromatic heterocycles. The molecule has 0 radical (unpaired) electrons. The third-order valence-electron chi connectivity index (χ3n) is 4.45. The highest BCUT2D eigenvalue weighted by Gasteiger charge is 2.36. The number of aliphatic hydroxyl groups excluding tert-OH is 1. The number of nitrogens with one attached hydrogen (secondary N) is 1. The molecule has 1 aliphatic heterocycles. The first-order valence-corrected chi connectivity index (χ1v) is 8.88. The average Bonchev–Trinajstić information content (AvgIpc) is 3.03. The Balaban J connectivity index is 1.87. The van der Waals surface area contributed by atoms with E-state index in [1.54, 1.807) is 0 Å². The van der Waals surface area contributed by atoms with E-state index in [0.717, 1.165) is 23.0 Å². The molecule has 142 valence electrons. The first-order chi connectivity index (χ1) is 13.0. The molecule has 1 fully saturated rings. The highest BCUT2D eigenvalue weighted by atomic mass is 19.1. The maximum absolute atomic E-state index is 13.8. The number of aryl methyl sites for hydroxylation is 1. The summed E-state index contributed by atoms with van der Waals surface area (Å²) < 4.78 is 20.3. The molecule has 3 rings (SSSR count). The van der Waals surface area contributed by atoms with Crippen LogP contribution < -0.4 is 11.2 Å². The third-order valence-corrected chi connectivity index (χ3v) is 4.45. The molecule has 0 spiro atoms. The predicted molar refractivity (Wildman–Crippen MR) is 98.2 cm³/mol. The maximum atomic E-state index is 13.8. The summed E-state index contributed by atoms with van der Waals surface area (Å²) in [5.74, 6) is 5.65. The number of H-pyrrole nitrogens is 1. The summed E-state index contributed by atoms with van der Waals surface area (Å²) >= 11 is 0. The summed E-state index contributed by atoms with van der Waals surface area (Å²) in [6.07, 6.45) is -0.0123. The molecule has 2 N–H and O–H groups in total. The van der Waals surface area contributed by atoms with Gasteiger partial charge in [0.15, 0.2) is 0 Å². The molecular formula is C20H21FN2O4. The van der Waals surface area contributed by atoms with Gasteiger partial charge in [-0.1, -0.05) is 37.3 Å². The summed E-state index contributed by atoms with van der Waals surface area (Å²) in [6.45, 7) is 1.63. The van der Waals surface area contributed by atoms with Crippen LogP contribution in [0.5, 0.6) is 0 Å². The average molecular weight is 372 g/mol. The number of nitrogens with zero attached hydrogens (tertiary/aromatic N) is 1. The molecule has 1 saturated heterocycles. The van der Waals surface area contributed by atoms with Crippen molar-refractivity contribution in [3.05, 3.63) is 68.0 Å². The van der Waals surface area contributed by atoms with Gasteiger partial charge in [0.1, 0.15) is 24.1 Å². The van der Waals surface area contributed by atoms with Crippen molar-refractivity contribution in [2.45, 2.75) is 44.7 Å². The number of hydrogen-bond donors (Lipinski definition) is 2. The summed E-state index contributed by atoms with van der Waals surface area (Å²) in [5, 5.41) is 9.10. The number of alkyl halides is 1. The molecule has 6 nitrogen and oxygen atoms in total. The molecule has 0 amide bonds. The number of hydrogen-bond acceptors (Lipinski definition) is 4. The van der Waals surface area contributed by atoms with Crippen LogP contribution in [0.3, 0.4) is 0 Å². The van der Waals surface area contributed by atoms with Gasteiger partial charge in [-0.3, -0.25) is 14.3 Å². The summed E-state index contributed by atoms with van der Waals surface area (Å²) in [4.78, 5) is 26.3. The van der Waals surface area contributed by atoms with Gasteiger partial charge in [0.05, 0.1) is 6.61 Å². The van der Waals surface area contributed by atoms with Crippen LogP contribution in [0.25, 0.3) is 0 Å². The molecule has 7 heteroatoms. The number of ether oxygens (including phenoxy) is 1. The standard InChI is InChI=1S/C20H21FN2O4/c1-2-3-13-4-6-14(7-5-13)8-9-15-11-23(20(26)22-19(15)25)18-10-16(21)17(12-24)27-18/h4-7,11,16-18,24H,2-3,10,12H2,1H3,(H,22,25,26)/t16-,17+,18+/m0/s1. The van der Waals surface area contributed by atoms with Crippen molar-refractivity contribution >= 4 is 0 Å². The van der Waals surface area contributed by atoms with Gasteiger partial charge in [0.2, 0.25) is 0 Å². The zero-order valence-electron chi connectivity index (χ0n) is 14.9. The van der Waals surface area contributed by atoms with Crippen LogP contribution in [0.2, 0.25) is 0 Å². The quantitative estimate of drug-likeness (QED) is 0.797. The Labute approximate surface area is 155 Å². The van der Waals surface area contributed by atoms with Crippen LogP contribution in [0, 0.1) is 11.8 Å². The minimum Gasteiger partial charge on any atom is -0.394 e. The number of benzene rings is 1. The minimum absolute atomic E-state index is 0.0804. The van der Waals surface area contributed by atoms with E-state index in [9.17, 15) is 14.0 Å². The molecule has 2 aromatic rings. The fraction of sp³-hybridized carbons (Fsp3) is 0.400. The van der Waals surface area contributed by atoms with Gasteiger partial charge in [-0.25, -0.2) is 9.18 Å². The van der Waals surface area contributed by atoms with Crippen LogP contribution in [-0.4, -0.2) is 33.5 Å². The lowest BCUT2D eigenvalue weighted by Gasteiger charge is -2.14. The van der Waals surface area contributed by atoms with E-state index in [1.165, 1.54) is 11.8 Å². The molecule has 0 aliphatic carbocycles. The second-order valence-corrected chi connectivity index (χ2v) is 6.47. The maximum Gasteiger partial charge on any atom is 0.330 e. The van der Waals surface area contributed by atoms with Gasteiger partial charge < -0.3 is 9.84 Å². The van der Waals surface area contributed by atoms with Gasteiger partial charge in [0.25, 0.3) is 5.56 Å². The Bertz CT molecular complexity index is 968. The smallest absolute Gasteiger partial charge is 0.330 e. The normalized spacial score (nSPS) is 21.7. The van der Waals surface area contributed by atoms with Gasteiger partial charge in [0, 0.05) is 18.2 Å². The Morgan fingerprint density at radius 2 is 2.04 bits per heavy atom. The van der Waals surface area contributed by atoms with Crippen molar-refractivity contribution in [2.75, 3.05) is 6.61 Å². The van der Waals surface area contributed by atoms with Crippen LogP contribution in [-0.2, 0) is 11.2 Å². The van der Waals surface area contributed by atoms with E-state index < -0.39 is 36.4 Å². The number of aromatic amines is 1. The molecule has 1 aromatic carbocycles. The van der Waals surface area contributed by atoms with Crippen molar-refractivity contribution < 1.29 is 14.2 Å². The molecule has 1 aliphatic rings. The van der Waals surface area contributed by atoms with Gasteiger partial charge >= 0.3 is 5.69 Å². The zero-order valence-corrected chi connectivity index (χ0v) is 14.9. The Hall–Kier alpha value is -2.69. The molecular weight excluding hydrogens is 351 g/mol. The lowest BCUT2D eigenvalue weighted by Crippen LogP contribution is -2.33. The van der Waals surface area contributed by atoms with Crippen LogP contribution in [0.15, 0.2) is 40.1 Å². The van der Waals surface area contributed by atoms with Gasteiger partial charge in [-0.05, 0) is 24.1 Å². The fourth-order valence-corrected chi connectivity index (χ4v) is 2.99. The van der Waals surface area contributed by atoms with E-state index in [1.807, 2.05) is 24.3 Å². The van der Waals surface area contributed by atoms with Crippen LogP contribution >= 0.6 is 0 Å². The van der Waals surface area contributed by atoms with E-state index in [4.69, 9.17) is 9.84 Å². The summed E-state index contributed by atoms with van der Waals surface area (Å²) in [6, 6.07) is 7.73. The summed E-state index contributed by atoms with van der Waals surface area (Å²) in [7, 11) is 0. The highest BCUT2D eigenvalue weighted by molar-refractivity contribution is 5.42. The fourth-order valence-electron chi connectivity index (χ4n) is 2.99. The number of aromatic nitrogens is 2. The molecule has 3 atom stereocenters.